The number of nitrogens with one attached hydrogen (secondary N) is 1. The van der Waals surface area contributed by atoms with E-state index in [2.05, 4.69) is 15.5 Å². The summed E-state index contributed by atoms with van der Waals surface area (Å²) < 4.78 is 43.0. The Morgan fingerprint density at radius 2 is 2.03 bits per heavy atom. The van der Waals surface area contributed by atoms with Crippen LogP contribution in [0, 0.1) is 11.6 Å². The third kappa shape index (κ3) is 4.14. The Labute approximate surface area is 176 Å². The number of hydrogen-bond donors (Lipinski definition) is 1. The Hall–Kier alpha value is -3.69. The van der Waals surface area contributed by atoms with Gasteiger partial charge in [0.15, 0.2) is 0 Å². The standard InChI is InChI=1S/C21H20F2N4O4/c1-29-13-6-8-16(18(11-13)30-2)24-21(28)27-9-3-4-17(27)20-25-19(26-31-20)14-7-5-12(22)10-15(14)23/h5-8,10-11,17H,3-4,9H2,1-2H3,(H,24,28)/t17-/m0/s1. The second-order valence-electron chi connectivity index (χ2n) is 6.93. The van der Waals surface area contributed by atoms with E-state index < -0.39 is 17.7 Å². The number of likely N-dealkylation sites (tertiary alicyclic amines) is 1. The van der Waals surface area contributed by atoms with Crippen molar-refractivity contribution in [3.8, 4) is 22.9 Å². The largest absolute Gasteiger partial charge is 0.497 e. The molecule has 1 N–H and O–H groups in total. The summed E-state index contributed by atoms with van der Waals surface area (Å²) in [7, 11) is 3.04. The van der Waals surface area contributed by atoms with Crippen molar-refractivity contribution in [3.05, 3.63) is 53.9 Å². The Kier molecular flexibility index (Phi) is 5.70. The molecule has 31 heavy (non-hydrogen) atoms. The molecular weight excluding hydrogens is 410 g/mol. The number of anilines is 1. The molecule has 10 heteroatoms. The van der Waals surface area contributed by atoms with E-state index in [1.165, 1.54) is 20.3 Å². The van der Waals surface area contributed by atoms with Crippen molar-refractivity contribution in [2.75, 3.05) is 26.1 Å². The molecule has 2 heterocycles. The van der Waals surface area contributed by atoms with E-state index in [1.54, 1.807) is 23.1 Å². The second kappa shape index (κ2) is 8.58. The van der Waals surface area contributed by atoms with E-state index in [9.17, 15) is 13.6 Å². The molecule has 2 aromatic carbocycles. The number of aromatic nitrogens is 2. The number of halogens is 2. The molecule has 8 nitrogen and oxygen atoms in total. The fourth-order valence-electron chi connectivity index (χ4n) is 3.51. The molecule has 0 saturated carbocycles. The first-order valence-corrected chi connectivity index (χ1v) is 9.59. The fourth-order valence-corrected chi connectivity index (χ4v) is 3.51. The van der Waals surface area contributed by atoms with Crippen molar-refractivity contribution in [2.24, 2.45) is 0 Å². The summed E-state index contributed by atoms with van der Waals surface area (Å²) in [4.78, 5) is 18.7. The topological polar surface area (TPSA) is 89.7 Å². The van der Waals surface area contributed by atoms with Gasteiger partial charge in [0.25, 0.3) is 0 Å². The maximum atomic E-state index is 14.0. The highest BCUT2D eigenvalue weighted by atomic mass is 19.1. The highest BCUT2D eigenvalue weighted by Gasteiger charge is 2.34. The van der Waals surface area contributed by atoms with Gasteiger partial charge in [0.05, 0.1) is 25.5 Å². The van der Waals surface area contributed by atoms with E-state index in [-0.39, 0.29) is 23.3 Å². The zero-order valence-corrected chi connectivity index (χ0v) is 16.9. The third-order valence-electron chi connectivity index (χ3n) is 5.06. The van der Waals surface area contributed by atoms with Gasteiger partial charge in [-0.3, -0.25) is 0 Å². The lowest BCUT2D eigenvalue weighted by atomic mass is 10.2. The minimum atomic E-state index is -0.792. The number of carbonyl (C=O) groups excluding carboxylic acids is 1. The molecule has 1 fully saturated rings. The van der Waals surface area contributed by atoms with Crippen LogP contribution in [0.15, 0.2) is 40.9 Å². The zero-order valence-electron chi connectivity index (χ0n) is 16.9. The number of urea groups is 1. The Balaban J connectivity index is 1.53. The highest BCUT2D eigenvalue weighted by molar-refractivity contribution is 5.91. The maximum absolute atomic E-state index is 14.0. The molecule has 0 radical (unpaired) electrons. The molecule has 162 valence electrons. The monoisotopic (exact) mass is 430 g/mol. The molecule has 0 bridgehead atoms. The molecule has 1 aromatic heterocycles. The predicted molar refractivity (Wildman–Crippen MR) is 107 cm³/mol. The van der Waals surface area contributed by atoms with Gasteiger partial charge in [0, 0.05) is 18.7 Å². The summed E-state index contributed by atoms with van der Waals surface area (Å²) in [6.45, 7) is 0.484. The number of hydrogen-bond acceptors (Lipinski definition) is 6. The van der Waals surface area contributed by atoms with Gasteiger partial charge in [0.2, 0.25) is 11.7 Å². The number of benzene rings is 2. The van der Waals surface area contributed by atoms with Gasteiger partial charge in [-0.15, -0.1) is 0 Å². The Morgan fingerprint density at radius 3 is 2.77 bits per heavy atom. The third-order valence-corrected chi connectivity index (χ3v) is 5.06. The van der Waals surface area contributed by atoms with Crippen molar-refractivity contribution < 1.29 is 27.6 Å². The fraction of sp³-hybridized carbons (Fsp3) is 0.286. The molecule has 0 aliphatic carbocycles. The van der Waals surface area contributed by atoms with Crippen LogP contribution in [0.2, 0.25) is 0 Å². The van der Waals surface area contributed by atoms with E-state index in [4.69, 9.17) is 14.0 Å². The van der Waals surface area contributed by atoms with Crippen LogP contribution in [0.3, 0.4) is 0 Å². The SMILES string of the molecule is COc1ccc(NC(=O)N2CCC[C@H]2c2nc(-c3ccc(F)cc3F)no2)c(OC)c1. The summed E-state index contributed by atoms with van der Waals surface area (Å²) in [6.07, 6.45) is 1.35. The van der Waals surface area contributed by atoms with Crippen molar-refractivity contribution in [1.82, 2.24) is 15.0 Å². The molecule has 1 aliphatic heterocycles. The molecule has 0 spiro atoms. The molecular formula is C21H20F2N4O4. The molecule has 1 atom stereocenters. The minimum Gasteiger partial charge on any atom is -0.497 e. The van der Waals surface area contributed by atoms with Gasteiger partial charge in [-0.2, -0.15) is 4.98 Å². The summed E-state index contributed by atoms with van der Waals surface area (Å²) in [5, 5.41) is 6.63. The van der Waals surface area contributed by atoms with Gasteiger partial charge in [-0.25, -0.2) is 13.6 Å². The Morgan fingerprint density at radius 1 is 1.19 bits per heavy atom. The van der Waals surface area contributed by atoms with Gasteiger partial charge in [-0.1, -0.05) is 5.16 Å². The van der Waals surface area contributed by atoms with Gasteiger partial charge < -0.3 is 24.2 Å². The first-order valence-electron chi connectivity index (χ1n) is 9.59. The van der Waals surface area contributed by atoms with Crippen LogP contribution >= 0.6 is 0 Å². The molecule has 0 unspecified atom stereocenters. The first kappa shape index (κ1) is 20.6. The maximum Gasteiger partial charge on any atom is 0.322 e. The summed E-state index contributed by atoms with van der Waals surface area (Å²) in [5.74, 6) is -0.252. The van der Waals surface area contributed by atoms with Crippen molar-refractivity contribution >= 4 is 11.7 Å². The van der Waals surface area contributed by atoms with Crippen LogP contribution in [0.1, 0.15) is 24.8 Å². The lowest BCUT2D eigenvalue weighted by Crippen LogP contribution is -2.34. The number of rotatable bonds is 5. The average molecular weight is 430 g/mol. The molecule has 4 rings (SSSR count). The normalized spacial score (nSPS) is 15.7. The number of nitrogens with zero attached hydrogens (tertiary/aromatic N) is 3. The first-order chi connectivity index (χ1) is 15.0. The number of ether oxygens (including phenoxy) is 2. The average Bonchev–Trinajstić information content (AvgIpc) is 3.43. The summed E-state index contributed by atoms with van der Waals surface area (Å²) in [6, 6.07) is 7.35. The second-order valence-corrected chi connectivity index (χ2v) is 6.93. The number of amides is 2. The predicted octanol–water partition coefficient (Wildman–Crippen LogP) is 4.40. The minimum absolute atomic E-state index is 0.00316. The van der Waals surface area contributed by atoms with Crippen molar-refractivity contribution in [3.63, 3.8) is 0 Å². The van der Waals surface area contributed by atoms with Gasteiger partial charge in [-0.05, 0) is 37.1 Å². The van der Waals surface area contributed by atoms with Crippen LogP contribution in [0.4, 0.5) is 19.3 Å². The number of carbonyl (C=O) groups is 1. The van der Waals surface area contributed by atoms with Crippen LogP contribution in [0.25, 0.3) is 11.4 Å². The summed E-state index contributed by atoms with van der Waals surface area (Å²) >= 11 is 0. The van der Waals surface area contributed by atoms with Gasteiger partial charge in [0.1, 0.15) is 29.2 Å². The van der Waals surface area contributed by atoms with E-state index in [0.717, 1.165) is 18.6 Å². The highest BCUT2D eigenvalue weighted by Crippen LogP contribution is 2.34. The Bertz CT molecular complexity index is 1100. The van der Waals surface area contributed by atoms with Crippen LogP contribution in [-0.2, 0) is 0 Å². The molecule has 3 aromatic rings. The zero-order chi connectivity index (χ0) is 22.0. The quantitative estimate of drug-likeness (QED) is 0.645. The lowest BCUT2D eigenvalue weighted by molar-refractivity contribution is 0.193. The smallest absolute Gasteiger partial charge is 0.322 e. The van der Waals surface area contributed by atoms with E-state index in [1.807, 2.05) is 0 Å². The van der Waals surface area contributed by atoms with Crippen LogP contribution in [0.5, 0.6) is 11.5 Å². The van der Waals surface area contributed by atoms with E-state index >= 15 is 0 Å². The van der Waals surface area contributed by atoms with Crippen molar-refractivity contribution in [2.45, 2.75) is 18.9 Å². The van der Waals surface area contributed by atoms with Crippen molar-refractivity contribution in [1.29, 1.82) is 0 Å². The van der Waals surface area contributed by atoms with Gasteiger partial charge >= 0.3 is 6.03 Å². The molecule has 2 amide bonds. The molecule has 1 saturated heterocycles. The van der Waals surface area contributed by atoms with E-state index in [0.29, 0.717) is 30.2 Å². The number of methoxy groups -OCH3 is 2. The molecule has 1 aliphatic rings. The van der Waals surface area contributed by atoms with Crippen LogP contribution < -0.4 is 14.8 Å². The van der Waals surface area contributed by atoms with Crippen LogP contribution in [-0.4, -0.2) is 41.8 Å². The lowest BCUT2D eigenvalue weighted by Gasteiger charge is -2.23. The summed E-state index contributed by atoms with van der Waals surface area (Å²) in [5.41, 5.74) is 0.506.